The minimum absolute atomic E-state index is 0.0798. The Hall–Kier alpha value is -1.50. The molecule has 0 amide bonds. The second kappa shape index (κ2) is 5.36. The van der Waals surface area contributed by atoms with E-state index in [1.165, 1.54) is 21.9 Å². The van der Waals surface area contributed by atoms with Gasteiger partial charge in [-0.3, -0.25) is 0 Å². The minimum Gasteiger partial charge on any atom is -0.494 e. The highest BCUT2D eigenvalue weighted by molar-refractivity contribution is 5.86. The summed E-state index contributed by atoms with van der Waals surface area (Å²) in [6.45, 7) is 16.2. The third-order valence-electron chi connectivity index (χ3n) is 3.91. The van der Waals surface area contributed by atoms with E-state index in [4.69, 9.17) is 4.74 Å². The molecule has 0 N–H and O–H groups in total. The van der Waals surface area contributed by atoms with Crippen molar-refractivity contribution in [3.05, 3.63) is 41.5 Å². The van der Waals surface area contributed by atoms with E-state index >= 15 is 0 Å². The Bertz CT molecular complexity index is 639. The molecule has 0 saturated carbocycles. The van der Waals surface area contributed by atoms with E-state index in [9.17, 15) is 0 Å². The molecule has 0 unspecified atom stereocenters. The van der Waals surface area contributed by atoms with Gasteiger partial charge in [-0.25, -0.2) is 0 Å². The maximum atomic E-state index is 5.87. The van der Waals surface area contributed by atoms with Gasteiger partial charge in [-0.2, -0.15) is 0 Å². The average Bonchev–Trinajstić information content (AvgIpc) is 2.35. The third-order valence-corrected chi connectivity index (χ3v) is 3.91. The molecule has 0 atom stereocenters. The molecule has 0 fully saturated rings. The summed E-state index contributed by atoms with van der Waals surface area (Å²) < 4.78 is 5.87. The molecule has 0 aliphatic carbocycles. The molecule has 0 aliphatic heterocycles. The average molecular weight is 284 g/mol. The normalized spacial score (nSPS) is 12.7. The van der Waals surface area contributed by atoms with Crippen LogP contribution in [-0.4, -0.2) is 6.61 Å². The molecule has 0 aliphatic rings. The monoisotopic (exact) mass is 284 g/mol. The number of fused-ring (bicyclic) bond motifs is 1. The van der Waals surface area contributed by atoms with Crippen molar-refractivity contribution in [3.8, 4) is 5.75 Å². The lowest BCUT2D eigenvalue weighted by Crippen LogP contribution is -2.14. The first-order valence-corrected chi connectivity index (χ1v) is 7.84. The smallest absolute Gasteiger partial charge is 0.123 e. The van der Waals surface area contributed by atoms with Gasteiger partial charge in [0.05, 0.1) is 6.61 Å². The van der Waals surface area contributed by atoms with Crippen LogP contribution in [0.2, 0.25) is 0 Å². The van der Waals surface area contributed by atoms with Crippen LogP contribution < -0.4 is 4.74 Å². The Morgan fingerprint density at radius 3 is 2.00 bits per heavy atom. The molecule has 0 saturated heterocycles. The van der Waals surface area contributed by atoms with Gasteiger partial charge in [0, 0.05) is 5.56 Å². The lowest BCUT2D eigenvalue weighted by Gasteiger charge is -2.24. The molecule has 1 heteroatoms. The Balaban J connectivity index is 2.67. The van der Waals surface area contributed by atoms with Gasteiger partial charge in [-0.15, -0.1) is 0 Å². The zero-order chi connectivity index (χ0) is 15.8. The fourth-order valence-electron chi connectivity index (χ4n) is 2.60. The number of ether oxygens (including phenoxy) is 1. The van der Waals surface area contributed by atoms with Crippen molar-refractivity contribution in [2.24, 2.45) is 0 Å². The molecule has 2 aromatic rings. The van der Waals surface area contributed by atoms with E-state index in [0.717, 1.165) is 5.75 Å². The topological polar surface area (TPSA) is 9.23 Å². The summed E-state index contributed by atoms with van der Waals surface area (Å²) in [6.07, 6.45) is 0. The number of rotatable bonds is 2. The predicted octanol–water partition coefficient (Wildman–Crippen LogP) is 5.83. The predicted molar refractivity (Wildman–Crippen MR) is 92.5 cm³/mol. The molecule has 2 rings (SSSR count). The summed E-state index contributed by atoms with van der Waals surface area (Å²) in [6, 6.07) is 11.3. The van der Waals surface area contributed by atoms with Crippen LogP contribution in [0.3, 0.4) is 0 Å². The highest BCUT2D eigenvalue weighted by Gasteiger charge is 2.21. The van der Waals surface area contributed by atoms with E-state index < -0.39 is 0 Å². The first-order chi connectivity index (χ1) is 9.63. The van der Waals surface area contributed by atoms with Crippen LogP contribution in [0.15, 0.2) is 30.3 Å². The van der Waals surface area contributed by atoms with E-state index in [1.54, 1.807) is 0 Å². The Labute approximate surface area is 129 Å². The van der Waals surface area contributed by atoms with Crippen LogP contribution in [0.1, 0.15) is 59.6 Å². The molecule has 1 nitrogen and oxygen atoms in total. The second-order valence-corrected chi connectivity index (χ2v) is 7.84. The van der Waals surface area contributed by atoms with E-state index in [0.29, 0.717) is 6.61 Å². The lowest BCUT2D eigenvalue weighted by molar-refractivity contribution is 0.330. The van der Waals surface area contributed by atoms with Gasteiger partial charge in [0.1, 0.15) is 5.75 Å². The molecule has 0 radical (unpaired) electrons. The summed E-state index contributed by atoms with van der Waals surface area (Å²) in [4.78, 5) is 0. The number of benzene rings is 2. The molecular formula is C20H28O. The molecule has 0 bridgehead atoms. The molecule has 2 aromatic carbocycles. The summed E-state index contributed by atoms with van der Waals surface area (Å²) >= 11 is 0. The zero-order valence-corrected chi connectivity index (χ0v) is 14.5. The first-order valence-electron chi connectivity index (χ1n) is 7.84. The summed E-state index contributed by atoms with van der Waals surface area (Å²) in [5, 5.41) is 2.55. The van der Waals surface area contributed by atoms with E-state index in [-0.39, 0.29) is 10.8 Å². The zero-order valence-electron chi connectivity index (χ0n) is 14.5. The number of hydrogen-bond acceptors (Lipinski definition) is 1. The van der Waals surface area contributed by atoms with Crippen molar-refractivity contribution in [1.29, 1.82) is 0 Å². The SMILES string of the molecule is CCOc1cc2ccc(C(C)(C)C)cc2cc1C(C)(C)C. The van der Waals surface area contributed by atoms with Gasteiger partial charge in [-0.05, 0) is 46.2 Å². The third kappa shape index (κ3) is 3.40. The summed E-state index contributed by atoms with van der Waals surface area (Å²) in [7, 11) is 0. The highest BCUT2D eigenvalue weighted by atomic mass is 16.5. The van der Waals surface area contributed by atoms with Crippen LogP contribution in [0.25, 0.3) is 10.8 Å². The molecule has 114 valence electrons. The molecule has 0 heterocycles. The van der Waals surface area contributed by atoms with Gasteiger partial charge < -0.3 is 4.74 Å². The van der Waals surface area contributed by atoms with Crippen molar-refractivity contribution >= 4 is 10.8 Å². The quantitative estimate of drug-likeness (QED) is 0.673. The fraction of sp³-hybridized carbons (Fsp3) is 0.500. The van der Waals surface area contributed by atoms with Crippen molar-refractivity contribution in [3.63, 3.8) is 0 Å². The Morgan fingerprint density at radius 1 is 0.810 bits per heavy atom. The molecular weight excluding hydrogens is 256 g/mol. The van der Waals surface area contributed by atoms with Gasteiger partial charge >= 0.3 is 0 Å². The van der Waals surface area contributed by atoms with Gasteiger partial charge in [0.25, 0.3) is 0 Å². The highest BCUT2D eigenvalue weighted by Crippen LogP contribution is 2.36. The molecule has 0 spiro atoms. The fourth-order valence-corrected chi connectivity index (χ4v) is 2.60. The van der Waals surface area contributed by atoms with Gasteiger partial charge in [-0.1, -0.05) is 59.7 Å². The van der Waals surface area contributed by atoms with Crippen LogP contribution in [-0.2, 0) is 10.8 Å². The Morgan fingerprint density at radius 2 is 1.48 bits per heavy atom. The summed E-state index contributed by atoms with van der Waals surface area (Å²) in [5.41, 5.74) is 2.91. The van der Waals surface area contributed by atoms with Gasteiger partial charge in [0.15, 0.2) is 0 Å². The van der Waals surface area contributed by atoms with Crippen LogP contribution in [0.5, 0.6) is 5.75 Å². The van der Waals surface area contributed by atoms with E-state index in [1.807, 2.05) is 6.92 Å². The van der Waals surface area contributed by atoms with E-state index in [2.05, 4.69) is 71.9 Å². The van der Waals surface area contributed by atoms with Gasteiger partial charge in [0.2, 0.25) is 0 Å². The maximum absolute atomic E-state index is 5.87. The lowest BCUT2D eigenvalue weighted by atomic mass is 9.82. The minimum atomic E-state index is 0.0798. The molecule has 0 aromatic heterocycles. The largest absolute Gasteiger partial charge is 0.494 e. The number of hydrogen-bond donors (Lipinski definition) is 0. The van der Waals surface area contributed by atoms with Crippen LogP contribution in [0.4, 0.5) is 0 Å². The summed E-state index contributed by atoms with van der Waals surface area (Å²) in [5.74, 6) is 1.01. The van der Waals surface area contributed by atoms with Crippen molar-refractivity contribution in [2.75, 3.05) is 6.61 Å². The van der Waals surface area contributed by atoms with Crippen LogP contribution in [0, 0.1) is 0 Å². The first kappa shape index (κ1) is 15.9. The van der Waals surface area contributed by atoms with Crippen molar-refractivity contribution in [2.45, 2.75) is 59.3 Å². The second-order valence-electron chi connectivity index (χ2n) is 7.84. The van der Waals surface area contributed by atoms with Crippen molar-refractivity contribution in [1.82, 2.24) is 0 Å². The van der Waals surface area contributed by atoms with Crippen molar-refractivity contribution < 1.29 is 4.74 Å². The van der Waals surface area contributed by atoms with Crippen LogP contribution >= 0.6 is 0 Å². The Kier molecular flexibility index (Phi) is 4.06. The molecule has 21 heavy (non-hydrogen) atoms. The maximum Gasteiger partial charge on any atom is 0.123 e. The standard InChI is InChI=1S/C20H28O/c1-8-21-18-13-14-9-10-16(19(2,3)4)11-15(14)12-17(18)20(5,6)7/h9-13H,8H2,1-7H3.